The molecule has 0 unspecified atom stereocenters. The standard InChI is InChI=1S/C21H19F3N6OS/c1-2-29-16(7-8-25-29)15-5-3-9-28(15)20(31)14-12-19-26-13(17-6-4-10-32-17)11-18(21(22,23)24)30(19)27-14/h4,6-8,10-12,15H,2-3,5,9H2,1H3/t15-/m1/s1. The number of hydrogen-bond donors (Lipinski definition) is 0. The lowest BCUT2D eigenvalue weighted by molar-refractivity contribution is -0.142. The van der Waals surface area contributed by atoms with Crippen LogP contribution in [0.25, 0.3) is 16.2 Å². The highest BCUT2D eigenvalue weighted by atomic mass is 32.1. The number of thiophene rings is 1. The number of fused-ring (bicyclic) bond motifs is 1. The van der Waals surface area contributed by atoms with E-state index in [4.69, 9.17) is 0 Å². The van der Waals surface area contributed by atoms with E-state index in [9.17, 15) is 18.0 Å². The minimum atomic E-state index is -4.65. The Kier molecular flexibility index (Phi) is 5.00. The van der Waals surface area contributed by atoms with Crippen LogP contribution < -0.4 is 0 Å². The third-order valence-corrected chi connectivity index (χ3v) is 6.51. The summed E-state index contributed by atoms with van der Waals surface area (Å²) in [6, 6.07) is 7.45. The van der Waals surface area contributed by atoms with E-state index in [1.165, 1.54) is 17.4 Å². The molecule has 1 aliphatic heterocycles. The van der Waals surface area contributed by atoms with Crippen LogP contribution in [-0.2, 0) is 12.7 Å². The number of hydrogen-bond acceptors (Lipinski definition) is 5. The molecule has 0 N–H and O–H groups in total. The summed E-state index contributed by atoms with van der Waals surface area (Å²) in [5.74, 6) is -0.410. The van der Waals surface area contributed by atoms with Crippen molar-refractivity contribution in [1.82, 2.24) is 29.3 Å². The number of likely N-dealkylation sites (tertiary alicyclic amines) is 1. The molecule has 1 fully saturated rings. The number of amides is 1. The summed E-state index contributed by atoms with van der Waals surface area (Å²) in [6.45, 7) is 3.14. The van der Waals surface area contributed by atoms with Crippen molar-refractivity contribution in [2.75, 3.05) is 6.54 Å². The first kappa shape index (κ1) is 20.7. The Balaban J connectivity index is 1.56. The maximum atomic E-state index is 13.8. The number of rotatable bonds is 4. The fraction of sp³-hybridized carbons (Fsp3) is 0.333. The predicted octanol–water partition coefficient (Wildman–Crippen LogP) is 4.67. The second-order valence-electron chi connectivity index (χ2n) is 7.53. The van der Waals surface area contributed by atoms with Gasteiger partial charge in [-0.1, -0.05) is 6.07 Å². The SMILES string of the molecule is CCn1nccc1[C@H]1CCCN1C(=O)c1cc2nc(-c3cccs3)cc(C(F)(F)F)n2n1. The van der Waals surface area contributed by atoms with Crippen molar-refractivity contribution in [3.63, 3.8) is 0 Å². The summed E-state index contributed by atoms with van der Waals surface area (Å²) >= 11 is 1.30. The number of halogens is 3. The number of nitrogens with zero attached hydrogens (tertiary/aromatic N) is 6. The summed E-state index contributed by atoms with van der Waals surface area (Å²) in [6.07, 6.45) is -1.40. The monoisotopic (exact) mass is 460 g/mol. The van der Waals surface area contributed by atoms with Crippen molar-refractivity contribution in [3.8, 4) is 10.6 Å². The molecule has 166 valence electrons. The van der Waals surface area contributed by atoms with E-state index in [1.807, 2.05) is 17.7 Å². The number of aryl methyl sites for hydroxylation is 1. The smallest absolute Gasteiger partial charge is 0.329 e. The molecule has 5 rings (SSSR count). The molecule has 0 aromatic carbocycles. The van der Waals surface area contributed by atoms with Crippen LogP contribution in [0.15, 0.2) is 41.9 Å². The third-order valence-electron chi connectivity index (χ3n) is 5.61. The zero-order chi connectivity index (χ0) is 22.5. The lowest BCUT2D eigenvalue weighted by Gasteiger charge is -2.24. The molecule has 1 amide bonds. The van der Waals surface area contributed by atoms with Crippen LogP contribution in [0.2, 0.25) is 0 Å². The van der Waals surface area contributed by atoms with Crippen LogP contribution in [0, 0.1) is 0 Å². The Morgan fingerprint density at radius 2 is 2.12 bits per heavy atom. The molecule has 1 aliphatic rings. The molecule has 0 spiro atoms. The summed E-state index contributed by atoms with van der Waals surface area (Å²) in [7, 11) is 0. The van der Waals surface area contributed by atoms with E-state index in [1.54, 1.807) is 28.6 Å². The molecule has 32 heavy (non-hydrogen) atoms. The Morgan fingerprint density at radius 1 is 1.28 bits per heavy atom. The van der Waals surface area contributed by atoms with Crippen molar-refractivity contribution < 1.29 is 18.0 Å². The second-order valence-corrected chi connectivity index (χ2v) is 8.48. The molecule has 4 aromatic rings. The first-order valence-corrected chi connectivity index (χ1v) is 11.1. The zero-order valence-corrected chi connectivity index (χ0v) is 17.9. The van der Waals surface area contributed by atoms with Gasteiger partial charge in [-0.05, 0) is 43.3 Å². The Morgan fingerprint density at radius 3 is 2.84 bits per heavy atom. The molecule has 0 saturated carbocycles. The molecule has 1 saturated heterocycles. The van der Waals surface area contributed by atoms with Crippen molar-refractivity contribution in [3.05, 3.63) is 59.0 Å². The van der Waals surface area contributed by atoms with Crippen molar-refractivity contribution in [2.24, 2.45) is 0 Å². The van der Waals surface area contributed by atoms with E-state index >= 15 is 0 Å². The number of aromatic nitrogens is 5. The Labute approximate surface area is 185 Å². The molecule has 4 aromatic heterocycles. The van der Waals surface area contributed by atoms with Gasteiger partial charge in [-0.2, -0.15) is 23.4 Å². The van der Waals surface area contributed by atoms with Gasteiger partial charge in [0, 0.05) is 25.4 Å². The van der Waals surface area contributed by atoms with Crippen LogP contribution in [0.1, 0.15) is 47.7 Å². The van der Waals surface area contributed by atoms with Gasteiger partial charge in [-0.3, -0.25) is 9.48 Å². The highest BCUT2D eigenvalue weighted by Crippen LogP contribution is 2.35. The van der Waals surface area contributed by atoms with Gasteiger partial charge in [-0.15, -0.1) is 11.3 Å². The molecular formula is C21H19F3N6OS. The number of carbonyl (C=O) groups is 1. The van der Waals surface area contributed by atoms with Crippen LogP contribution >= 0.6 is 11.3 Å². The minimum absolute atomic E-state index is 0.0130. The van der Waals surface area contributed by atoms with Crippen molar-refractivity contribution in [2.45, 2.75) is 38.5 Å². The van der Waals surface area contributed by atoms with E-state index < -0.39 is 17.8 Å². The van der Waals surface area contributed by atoms with Gasteiger partial charge in [0.2, 0.25) is 0 Å². The lowest BCUT2D eigenvalue weighted by atomic mass is 10.1. The fourth-order valence-electron chi connectivity index (χ4n) is 4.19. The normalized spacial score (nSPS) is 16.9. The van der Waals surface area contributed by atoms with E-state index in [0.29, 0.717) is 22.5 Å². The molecule has 11 heteroatoms. The molecule has 0 bridgehead atoms. The van der Waals surface area contributed by atoms with Crippen LogP contribution in [0.5, 0.6) is 0 Å². The maximum Gasteiger partial charge on any atom is 0.433 e. The first-order chi connectivity index (χ1) is 15.4. The van der Waals surface area contributed by atoms with Crippen molar-refractivity contribution in [1.29, 1.82) is 0 Å². The van der Waals surface area contributed by atoms with E-state index in [-0.39, 0.29) is 23.1 Å². The number of carbonyl (C=O) groups excluding carboxylic acids is 1. The maximum absolute atomic E-state index is 13.8. The highest BCUT2D eigenvalue weighted by molar-refractivity contribution is 7.13. The van der Waals surface area contributed by atoms with Crippen LogP contribution in [0.4, 0.5) is 13.2 Å². The van der Waals surface area contributed by atoms with Gasteiger partial charge < -0.3 is 4.90 Å². The van der Waals surface area contributed by atoms with Crippen molar-refractivity contribution >= 4 is 22.9 Å². The fourth-order valence-corrected chi connectivity index (χ4v) is 4.87. The quantitative estimate of drug-likeness (QED) is 0.444. The Bertz CT molecular complexity index is 1280. The average Bonchev–Trinajstić information content (AvgIpc) is 3.56. The Hall–Kier alpha value is -3.21. The lowest BCUT2D eigenvalue weighted by Crippen LogP contribution is -2.32. The zero-order valence-electron chi connectivity index (χ0n) is 17.1. The minimum Gasteiger partial charge on any atom is -0.329 e. The van der Waals surface area contributed by atoms with Gasteiger partial charge in [0.1, 0.15) is 0 Å². The van der Waals surface area contributed by atoms with Gasteiger partial charge in [0.05, 0.1) is 22.3 Å². The topological polar surface area (TPSA) is 68.3 Å². The van der Waals surface area contributed by atoms with E-state index in [2.05, 4.69) is 15.2 Å². The van der Waals surface area contributed by atoms with Gasteiger partial charge in [0.25, 0.3) is 5.91 Å². The summed E-state index contributed by atoms with van der Waals surface area (Å²) in [4.78, 5) is 19.9. The second kappa shape index (κ2) is 7.73. The summed E-state index contributed by atoms with van der Waals surface area (Å²) in [5, 5.41) is 10.1. The average molecular weight is 460 g/mol. The van der Waals surface area contributed by atoms with Gasteiger partial charge in [0.15, 0.2) is 17.0 Å². The molecule has 1 atom stereocenters. The molecule has 7 nitrogen and oxygen atoms in total. The first-order valence-electron chi connectivity index (χ1n) is 10.2. The summed E-state index contributed by atoms with van der Waals surface area (Å²) in [5.41, 5.74) is 0.0783. The van der Waals surface area contributed by atoms with Gasteiger partial charge in [-0.25, -0.2) is 9.50 Å². The molecule has 5 heterocycles. The summed E-state index contributed by atoms with van der Waals surface area (Å²) < 4.78 is 43.9. The highest BCUT2D eigenvalue weighted by Gasteiger charge is 2.37. The third kappa shape index (κ3) is 3.46. The number of alkyl halides is 3. The predicted molar refractivity (Wildman–Crippen MR) is 112 cm³/mol. The van der Waals surface area contributed by atoms with Crippen LogP contribution in [-0.4, -0.2) is 41.7 Å². The van der Waals surface area contributed by atoms with E-state index in [0.717, 1.165) is 24.6 Å². The largest absolute Gasteiger partial charge is 0.433 e. The molecule has 0 radical (unpaired) electrons. The van der Waals surface area contributed by atoms with Gasteiger partial charge >= 0.3 is 6.18 Å². The van der Waals surface area contributed by atoms with Crippen LogP contribution in [0.3, 0.4) is 0 Å². The molecular weight excluding hydrogens is 441 g/mol. The molecule has 0 aliphatic carbocycles.